The molecule has 2 saturated heterocycles. The molecule has 1 amide bonds. The van der Waals surface area contributed by atoms with E-state index in [1.807, 2.05) is 0 Å². The Morgan fingerprint density at radius 1 is 0.927 bits per heavy atom. The molecule has 0 spiro atoms. The molecule has 10 nitrogen and oxygen atoms in total. The van der Waals surface area contributed by atoms with Crippen LogP contribution in [0.15, 0.2) is 41.3 Å². The number of fused-ring (bicyclic) bond motifs is 1. The summed E-state index contributed by atoms with van der Waals surface area (Å²) in [6.07, 6.45) is 8.09. The lowest BCUT2D eigenvalue weighted by Crippen LogP contribution is -2.52. The average Bonchev–Trinajstić information content (AvgIpc) is 3.52. The number of hydrogen-bond acceptors (Lipinski definition) is 8. The van der Waals surface area contributed by atoms with E-state index in [1.54, 1.807) is 30.9 Å². The van der Waals surface area contributed by atoms with Gasteiger partial charge in [-0.15, -0.1) is 0 Å². The molecular weight excluding hydrogens is 516 g/mol. The molecule has 4 heterocycles. The monoisotopic (exact) mass is 558 g/mol. The molecule has 0 radical (unpaired) electrons. The molecule has 2 aliphatic heterocycles. The van der Waals surface area contributed by atoms with E-state index in [4.69, 9.17) is 4.98 Å². The van der Waals surface area contributed by atoms with Crippen LogP contribution in [-0.2, 0) is 0 Å². The minimum atomic E-state index is -0.297. The van der Waals surface area contributed by atoms with Crippen molar-refractivity contribution in [3.63, 3.8) is 0 Å². The van der Waals surface area contributed by atoms with Crippen LogP contribution in [0.1, 0.15) is 54.9 Å². The Morgan fingerprint density at radius 2 is 1.61 bits per heavy atom. The van der Waals surface area contributed by atoms with Crippen LogP contribution in [0.2, 0.25) is 0 Å². The van der Waals surface area contributed by atoms with Crippen molar-refractivity contribution in [1.82, 2.24) is 29.2 Å². The SMILES string of the molecule is CN1CCN(C2CCN(c3ccc(Nc4ncc5cc(C(=O)N(C)C)c(=O)n(C6CCCC6)c5n4)cc3)CC2)CC1. The van der Waals surface area contributed by atoms with Crippen LogP contribution >= 0.6 is 0 Å². The molecule has 10 heteroatoms. The Kier molecular flexibility index (Phi) is 7.94. The molecule has 218 valence electrons. The fourth-order valence-corrected chi connectivity index (χ4v) is 6.64. The van der Waals surface area contributed by atoms with Gasteiger partial charge in [0.1, 0.15) is 11.2 Å². The van der Waals surface area contributed by atoms with Gasteiger partial charge >= 0.3 is 0 Å². The number of nitrogens with one attached hydrogen (secondary N) is 1. The zero-order valence-electron chi connectivity index (χ0n) is 24.6. The first-order valence-corrected chi connectivity index (χ1v) is 15.1. The van der Waals surface area contributed by atoms with Crippen molar-refractivity contribution < 1.29 is 4.79 Å². The summed E-state index contributed by atoms with van der Waals surface area (Å²) in [5.41, 5.74) is 2.61. The molecule has 41 heavy (non-hydrogen) atoms. The highest BCUT2D eigenvalue weighted by molar-refractivity contribution is 5.96. The van der Waals surface area contributed by atoms with E-state index in [0.717, 1.165) is 44.5 Å². The van der Waals surface area contributed by atoms with E-state index >= 15 is 0 Å². The molecule has 0 unspecified atom stereocenters. The molecule has 0 atom stereocenters. The topological polar surface area (TPSA) is 89.8 Å². The van der Waals surface area contributed by atoms with Crippen molar-refractivity contribution in [2.75, 3.05) is 70.6 Å². The van der Waals surface area contributed by atoms with Crippen LogP contribution < -0.4 is 15.8 Å². The van der Waals surface area contributed by atoms with Crippen LogP contribution in [0.4, 0.5) is 17.3 Å². The molecule has 1 N–H and O–H groups in total. The zero-order valence-corrected chi connectivity index (χ0v) is 24.6. The Balaban J connectivity index is 1.17. The summed E-state index contributed by atoms with van der Waals surface area (Å²) in [6.45, 7) is 6.87. The maximum Gasteiger partial charge on any atom is 0.265 e. The number of carbonyl (C=O) groups is 1. The first-order valence-electron chi connectivity index (χ1n) is 15.1. The van der Waals surface area contributed by atoms with Gasteiger partial charge in [-0.25, -0.2) is 4.98 Å². The van der Waals surface area contributed by atoms with Crippen LogP contribution in [0.3, 0.4) is 0 Å². The predicted octanol–water partition coefficient (Wildman–Crippen LogP) is 3.57. The molecule has 3 fully saturated rings. The number of amides is 1. The largest absolute Gasteiger partial charge is 0.371 e. The van der Waals surface area contributed by atoms with Gasteiger partial charge in [-0.1, -0.05) is 12.8 Å². The second-order valence-corrected chi connectivity index (χ2v) is 12.1. The lowest BCUT2D eigenvalue weighted by Gasteiger charge is -2.42. The fraction of sp³-hybridized carbons (Fsp3) is 0.548. The van der Waals surface area contributed by atoms with E-state index < -0.39 is 0 Å². The van der Waals surface area contributed by atoms with Gasteiger partial charge in [-0.05, 0) is 63.1 Å². The molecule has 2 aromatic heterocycles. The summed E-state index contributed by atoms with van der Waals surface area (Å²) >= 11 is 0. The Hall–Kier alpha value is -3.50. The number of carbonyl (C=O) groups excluding carboxylic acids is 1. The summed E-state index contributed by atoms with van der Waals surface area (Å²) in [5.74, 6) is 0.144. The van der Waals surface area contributed by atoms with Crippen molar-refractivity contribution in [1.29, 1.82) is 0 Å². The third-order valence-electron chi connectivity index (χ3n) is 9.11. The number of piperidine rings is 1. The van der Waals surface area contributed by atoms with E-state index in [-0.39, 0.29) is 23.1 Å². The van der Waals surface area contributed by atoms with Crippen LogP contribution in [-0.4, -0.2) is 102 Å². The maximum absolute atomic E-state index is 13.5. The molecule has 1 aromatic carbocycles. The summed E-state index contributed by atoms with van der Waals surface area (Å²) in [7, 11) is 5.54. The molecule has 3 aromatic rings. The lowest BCUT2D eigenvalue weighted by molar-refractivity contribution is 0.0825. The number of anilines is 3. The van der Waals surface area contributed by atoms with Crippen LogP contribution in [0.25, 0.3) is 11.0 Å². The van der Waals surface area contributed by atoms with Crippen molar-refractivity contribution >= 4 is 34.3 Å². The number of benzene rings is 1. The van der Waals surface area contributed by atoms with E-state index in [0.29, 0.717) is 23.0 Å². The lowest BCUT2D eigenvalue weighted by atomic mass is 10.0. The minimum Gasteiger partial charge on any atom is -0.371 e. The average molecular weight is 559 g/mol. The third kappa shape index (κ3) is 5.81. The summed E-state index contributed by atoms with van der Waals surface area (Å²) in [6, 6.07) is 10.8. The second-order valence-electron chi connectivity index (χ2n) is 12.1. The third-order valence-corrected chi connectivity index (χ3v) is 9.11. The van der Waals surface area contributed by atoms with Gasteiger partial charge in [-0.3, -0.25) is 19.1 Å². The van der Waals surface area contributed by atoms with Crippen LogP contribution in [0, 0.1) is 0 Å². The zero-order chi connectivity index (χ0) is 28.5. The number of hydrogen-bond donors (Lipinski definition) is 1. The number of nitrogens with zero attached hydrogens (tertiary/aromatic N) is 7. The van der Waals surface area contributed by atoms with Crippen molar-refractivity contribution in [2.45, 2.75) is 50.6 Å². The van der Waals surface area contributed by atoms with Gasteiger partial charge < -0.3 is 20.0 Å². The first kappa shape index (κ1) is 27.7. The molecule has 1 aliphatic carbocycles. The van der Waals surface area contributed by atoms with E-state index in [2.05, 4.69) is 56.3 Å². The van der Waals surface area contributed by atoms with Gasteiger partial charge in [0.05, 0.1) is 0 Å². The number of piperazine rings is 1. The predicted molar refractivity (Wildman–Crippen MR) is 163 cm³/mol. The smallest absolute Gasteiger partial charge is 0.265 e. The van der Waals surface area contributed by atoms with Gasteiger partial charge in [0.2, 0.25) is 5.95 Å². The molecule has 0 bridgehead atoms. The number of aromatic nitrogens is 3. The second kappa shape index (κ2) is 11.8. The highest BCUT2D eigenvalue weighted by Gasteiger charge is 2.27. The van der Waals surface area contributed by atoms with Crippen LogP contribution in [0.5, 0.6) is 0 Å². The Morgan fingerprint density at radius 3 is 2.27 bits per heavy atom. The number of likely N-dealkylation sites (N-methyl/N-ethyl adjacent to an activating group) is 1. The molecule has 3 aliphatic rings. The molecule has 1 saturated carbocycles. The van der Waals surface area contributed by atoms with Gasteiger partial charge in [-0.2, -0.15) is 4.98 Å². The van der Waals surface area contributed by atoms with Gasteiger partial charge in [0, 0.05) is 88.4 Å². The van der Waals surface area contributed by atoms with E-state index in [9.17, 15) is 9.59 Å². The summed E-state index contributed by atoms with van der Waals surface area (Å²) in [4.78, 5) is 44.6. The van der Waals surface area contributed by atoms with E-state index in [1.165, 1.54) is 49.6 Å². The van der Waals surface area contributed by atoms with Gasteiger partial charge in [0.25, 0.3) is 11.5 Å². The summed E-state index contributed by atoms with van der Waals surface area (Å²) in [5, 5.41) is 4.03. The minimum absolute atomic E-state index is 0.0438. The molecule has 6 rings (SSSR count). The van der Waals surface area contributed by atoms with Crippen molar-refractivity contribution in [3.05, 3.63) is 52.4 Å². The maximum atomic E-state index is 13.5. The van der Waals surface area contributed by atoms with Crippen molar-refractivity contribution in [2.24, 2.45) is 0 Å². The standard InChI is InChI=1S/C31H42N8O2/c1-35(2)29(40)27-20-22-21-32-31(34-28(22)39(30(27)41)26-6-4-5-7-26)33-23-8-10-24(11-9-23)37-14-12-25(13-15-37)38-18-16-36(3)17-19-38/h8-11,20-21,25-26H,4-7,12-19H2,1-3H3,(H,32,33,34). The highest BCUT2D eigenvalue weighted by Crippen LogP contribution is 2.31. The normalized spacial score (nSPS) is 19.6. The number of pyridine rings is 1. The summed E-state index contributed by atoms with van der Waals surface area (Å²) < 4.78 is 1.74. The van der Waals surface area contributed by atoms with Gasteiger partial charge in [0.15, 0.2) is 0 Å². The quantitative estimate of drug-likeness (QED) is 0.491. The first-order chi connectivity index (χ1) is 19.9. The molecular formula is C31H42N8O2. The van der Waals surface area contributed by atoms with Crippen molar-refractivity contribution in [3.8, 4) is 0 Å². The number of rotatable bonds is 6. The Bertz CT molecular complexity index is 1430. The fourth-order valence-electron chi connectivity index (χ4n) is 6.64. The Labute approximate surface area is 242 Å². The highest BCUT2D eigenvalue weighted by atomic mass is 16.2.